The summed E-state index contributed by atoms with van der Waals surface area (Å²) < 4.78 is 11.0. The maximum absolute atomic E-state index is 5.60. The lowest BCUT2D eigenvalue weighted by molar-refractivity contribution is -0.145. The highest BCUT2D eigenvalue weighted by molar-refractivity contribution is 5.30. The first-order valence-corrected chi connectivity index (χ1v) is 8.44. The molecule has 6 heteroatoms. The van der Waals surface area contributed by atoms with Crippen molar-refractivity contribution in [2.24, 2.45) is 11.3 Å². The van der Waals surface area contributed by atoms with Crippen molar-refractivity contribution >= 4 is 5.95 Å². The van der Waals surface area contributed by atoms with Crippen LogP contribution >= 0.6 is 0 Å². The van der Waals surface area contributed by atoms with Gasteiger partial charge in [0.05, 0.1) is 19.3 Å². The van der Waals surface area contributed by atoms with E-state index in [9.17, 15) is 0 Å². The first-order chi connectivity index (χ1) is 11.0. The molecule has 0 aromatic carbocycles. The van der Waals surface area contributed by atoms with Crippen molar-refractivity contribution in [1.82, 2.24) is 15.3 Å². The number of ether oxygens (including phenoxy) is 2. The molecular formula is C17H28N4O2. The number of morpholine rings is 1. The number of rotatable bonds is 5. The van der Waals surface area contributed by atoms with Crippen molar-refractivity contribution in [2.45, 2.75) is 39.5 Å². The molecule has 1 saturated carbocycles. The first-order valence-electron chi connectivity index (χ1n) is 8.44. The second-order valence-electron chi connectivity index (χ2n) is 7.19. The highest BCUT2D eigenvalue weighted by Crippen LogP contribution is 2.46. The lowest BCUT2D eigenvalue weighted by atomic mass is 9.58. The van der Waals surface area contributed by atoms with Crippen molar-refractivity contribution in [3.63, 3.8) is 0 Å². The van der Waals surface area contributed by atoms with Gasteiger partial charge in [0.15, 0.2) is 0 Å². The quantitative estimate of drug-likeness (QED) is 0.886. The van der Waals surface area contributed by atoms with E-state index < -0.39 is 0 Å². The van der Waals surface area contributed by atoms with Gasteiger partial charge in [0, 0.05) is 56.2 Å². The van der Waals surface area contributed by atoms with Gasteiger partial charge < -0.3 is 19.7 Å². The van der Waals surface area contributed by atoms with Crippen molar-refractivity contribution in [1.29, 1.82) is 0 Å². The number of aromatic nitrogens is 2. The van der Waals surface area contributed by atoms with E-state index in [0.29, 0.717) is 18.1 Å². The predicted molar refractivity (Wildman–Crippen MR) is 89.4 cm³/mol. The fourth-order valence-corrected chi connectivity index (χ4v) is 4.15. The topological polar surface area (TPSA) is 59.5 Å². The van der Waals surface area contributed by atoms with Crippen molar-refractivity contribution < 1.29 is 9.47 Å². The number of nitrogens with zero attached hydrogens (tertiary/aromatic N) is 3. The van der Waals surface area contributed by atoms with E-state index in [1.54, 1.807) is 7.11 Å². The molecule has 2 aliphatic rings. The average molecular weight is 320 g/mol. The van der Waals surface area contributed by atoms with Gasteiger partial charge >= 0.3 is 0 Å². The van der Waals surface area contributed by atoms with E-state index in [0.717, 1.165) is 44.4 Å². The summed E-state index contributed by atoms with van der Waals surface area (Å²) in [4.78, 5) is 11.2. The monoisotopic (exact) mass is 320 g/mol. The molecule has 1 aromatic rings. The Bertz CT molecular complexity index is 514. The zero-order valence-corrected chi connectivity index (χ0v) is 14.6. The minimum absolute atomic E-state index is 0.156. The molecule has 1 aliphatic heterocycles. The Balaban J connectivity index is 1.55. The number of hydrogen-bond donors (Lipinski definition) is 1. The summed E-state index contributed by atoms with van der Waals surface area (Å²) >= 11 is 0. The summed E-state index contributed by atoms with van der Waals surface area (Å²) in [5, 5.41) is 3.65. The molecule has 0 amide bonds. The Morgan fingerprint density at radius 3 is 2.52 bits per heavy atom. The van der Waals surface area contributed by atoms with Crippen LogP contribution in [-0.2, 0) is 16.0 Å². The van der Waals surface area contributed by atoms with Gasteiger partial charge in [-0.3, -0.25) is 0 Å². The van der Waals surface area contributed by atoms with Gasteiger partial charge in [0.2, 0.25) is 5.95 Å². The third-order valence-corrected chi connectivity index (χ3v) is 5.30. The Morgan fingerprint density at radius 2 is 1.96 bits per heavy atom. The summed E-state index contributed by atoms with van der Waals surface area (Å²) in [5.41, 5.74) is 1.27. The van der Waals surface area contributed by atoms with Crippen molar-refractivity contribution in [3.05, 3.63) is 18.0 Å². The average Bonchev–Trinajstić information content (AvgIpc) is 2.56. The smallest absolute Gasteiger partial charge is 0.225 e. The SMILES string of the molecule is CO[C@@H]1[C@@H](C)[C@H](NCc2cnc(N3CCOCC3)nc2)C1(C)C. The Kier molecular flexibility index (Phi) is 4.85. The predicted octanol–water partition coefficient (Wildman–Crippen LogP) is 1.46. The summed E-state index contributed by atoms with van der Waals surface area (Å²) in [5.74, 6) is 1.32. The van der Waals surface area contributed by atoms with Gasteiger partial charge in [-0.2, -0.15) is 0 Å². The van der Waals surface area contributed by atoms with E-state index >= 15 is 0 Å². The second kappa shape index (κ2) is 6.71. The molecule has 0 bridgehead atoms. The molecule has 128 valence electrons. The summed E-state index contributed by atoms with van der Waals surface area (Å²) in [7, 11) is 1.80. The van der Waals surface area contributed by atoms with Crippen LogP contribution in [0.5, 0.6) is 0 Å². The largest absolute Gasteiger partial charge is 0.380 e. The molecule has 0 spiro atoms. The van der Waals surface area contributed by atoms with Crippen LogP contribution < -0.4 is 10.2 Å². The van der Waals surface area contributed by atoms with E-state index in [1.807, 2.05) is 12.4 Å². The molecule has 0 radical (unpaired) electrons. The van der Waals surface area contributed by atoms with Gasteiger partial charge in [-0.15, -0.1) is 0 Å². The van der Waals surface area contributed by atoms with Crippen LogP contribution in [0, 0.1) is 11.3 Å². The molecule has 23 heavy (non-hydrogen) atoms. The zero-order chi connectivity index (χ0) is 16.4. The second-order valence-corrected chi connectivity index (χ2v) is 7.19. The van der Waals surface area contributed by atoms with Gasteiger partial charge in [0.1, 0.15) is 0 Å². The van der Waals surface area contributed by atoms with Gasteiger partial charge in [-0.1, -0.05) is 20.8 Å². The summed E-state index contributed by atoms with van der Waals surface area (Å²) in [6, 6.07) is 0.450. The number of anilines is 1. The molecule has 6 nitrogen and oxygen atoms in total. The van der Waals surface area contributed by atoms with E-state index in [1.165, 1.54) is 0 Å². The highest BCUT2D eigenvalue weighted by atomic mass is 16.5. The number of nitrogens with one attached hydrogen (secondary N) is 1. The van der Waals surface area contributed by atoms with Crippen LogP contribution in [0.15, 0.2) is 12.4 Å². The van der Waals surface area contributed by atoms with E-state index in [2.05, 4.69) is 41.0 Å². The Morgan fingerprint density at radius 1 is 1.30 bits per heavy atom. The van der Waals surface area contributed by atoms with Crippen LogP contribution in [0.25, 0.3) is 0 Å². The molecule has 2 fully saturated rings. The molecule has 1 aromatic heterocycles. The Hall–Kier alpha value is -1.24. The third kappa shape index (κ3) is 3.20. The maximum Gasteiger partial charge on any atom is 0.225 e. The van der Waals surface area contributed by atoms with Gasteiger partial charge in [0.25, 0.3) is 0 Å². The third-order valence-electron chi connectivity index (χ3n) is 5.30. The molecule has 1 saturated heterocycles. The molecular weight excluding hydrogens is 292 g/mol. The molecule has 0 unspecified atom stereocenters. The fourth-order valence-electron chi connectivity index (χ4n) is 4.15. The Labute approximate surface area is 138 Å². The van der Waals surface area contributed by atoms with Gasteiger partial charge in [-0.25, -0.2) is 9.97 Å². The summed E-state index contributed by atoms with van der Waals surface area (Å²) in [6.07, 6.45) is 4.17. The molecule has 1 aliphatic carbocycles. The molecule has 1 N–H and O–H groups in total. The van der Waals surface area contributed by atoms with Crippen LogP contribution in [0.2, 0.25) is 0 Å². The minimum Gasteiger partial charge on any atom is -0.380 e. The van der Waals surface area contributed by atoms with Crippen LogP contribution in [0.4, 0.5) is 5.95 Å². The lowest BCUT2D eigenvalue weighted by Gasteiger charge is -2.56. The molecule has 3 rings (SSSR count). The van der Waals surface area contributed by atoms with Crippen molar-refractivity contribution in [3.8, 4) is 0 Å². The van der Waals surface area contributed by atoms with Crippen LogP contribution in [0.1, 0.15) is 26.3 Å². The van der Waals surface area contributed by atoms with E-state index in [4.69, 9.17) is 9.47 Å². The first kappa shape index (κ1) is 16.6. The van der Waals surface area contributed by atoms with Gasteiger partial charge in [-0.05, 0) is 5.92 Å². The zero-order valence-electron chi connectivity index (χ0n) is 14.6. The fraction of sp³-hybridized carbons (Fsp3) is 0.765. The lowest BCUT2D eigenvalue weighted by Crippen LogP contribution is -2.66. The molecule has 2 heterocycles. The minimum atomic E-state index is 0.156. The van der Waals surface area contributed by atoms with E-state index in [-0.39, 0.29) is 5.41 Å². The molecule has 3 atom stereocenters. The highest BCUT2D eigenvalue weighted by Gasteiger charge is 2.54. The van der Waals surface area contributed by atoms with Crippen LogP contribution in [0.3, 0.4) is 0 Å². The van der Waals surface area contributed by atoms with Crippen LogP contribution in [-0.4, -0.2) is 55.5 Å². The maximum atomic E-state index is 5.60. The summed E-state index contributed by atoms with van der Waals surface area (Å²) in [6.45, 7) is 10.8. The normalized spacial score (nSPS) is 30.1. The van der Waals surface area contributed by atoms with Crippen molar-refractivity contribution in [2.75, 3.05) is 38.3 Å². The number of methoxy groups -OCH3 is 1. The number of hydrogen-bond acceptors (Lipinski definition) is 6. The standard InChI is InChI=1S/C17H28N4O2/c1-12-14(17(2,3)15(12)22-4)18-9-13-10-19-16(20-11-13)21-5-7-23-8-6-21/h10-12,14-15,18H,5-9H2,1-4H3/t12-,14-,15+/m0/s1.